The monoisotopic (exact) mass is 618 g/mol. The average molecular weight is 620 g/mol. The summed E-state index contributed by atoms with van der Waals surface area (Å²) in [5, 5.41) is 15.1. The van der Waals surface area contributed by atoms with Crippen LogP contribution in [0, 0.1) is 5.92 Å². The number of thiophene rings is 1. The van der Waals surface area contributed by atoms with Crippen molar-refractivity contribution in [2.45, 2.75) is 45.2 Å². The zero-order valence-electron chi connectivity index (χ0n) is 20.6. The first-order valence-corrected chi connectivity index (χ1v) is 14.0. The standard InChI is InChI=1S/C24H27ClN6O3S2.2ClH/c1-14-3-2-6-31(14)12-19-21(18-9-16(25)13-35-18)28-24(36-19)29-22(32)17-10-27-20(11-26-17)30-7-4-15(5-8-30)23(33)34;;/h9-11,13-15H,2-8,12H2,1H3,(H,33,34)(H,28,29,32);2*1H/t14-;;/m1../s1. The minimum absolute atomic E-state index is 0. The smallest absolute Gasteiger partial charge is 0.306 e. The number of nitrogens with zero attached hydrogens (tertiary/aromatic N) is 5. The first kappa shape index (κ1) is 30.5. The number of carbonyl (C=O) groups excluding carboxylic acids is 1. The number of aliphatic carboxylic acids is 1. The summed E-state index contributed by atoms with van der Waals surface area (Å²) in [5.41, 5.74) is 1.06. The van der Waals surface area contributed by atoms with Gasteiger partial charge in [0.25, 0.3) is 5.91 Å². The number of carboxylic acid groups (broad SMARTS) is 1. The van der Waals surface area contributed by atoms with Gasteiger partial charge in [0.15, 0.2) is 5.13 Å². The number of halogens is 3. The normalized spacial score (nSPS) is 18.1. The van der Waals surface area contributed by atoms with Gasteiger partial charge in [-0.15, -0.1) is 36.2 Å². The van der Waals surface area contributed by atoms with E-state index < -0.39 is 5.97 Å². The first-order chi connectivity index (χ1) is 17.4. The first-order valence-electron chi connectivity index (χ1n) is 12.0. The molecule has 5 heterocycles. The van der Waals surface area contributed by atoms with Crippen molar-refractivity contribution >= 4 is 81.9 Å². The molecule has 9 nitrogen and oxygen atoms in total. The summed E-state index contributed by atoms with van der Waals surface area (Å²) in [7, 11) is 0. The quantitative estimate of drug-likeness (QED) is 0.347. The molecule has 2 aliphatic heterocycles. The SMILES string of the molecule is C[C@@H]1CCCN1Cc1sc(NC(=O)c2cnc(N3CCC(C(=O)O)CC3)cn2)nc1-c1cc(Cl)cs1.Cl.Cl. The number of piperidine rings is 1. The lowest BCUT2D eigenvalue weighted by Gasteiger charge is -2.30. The Bertz CT molecular complexity index is 1250. The summed E-state index contributed by atoms with van der Waals surface area (Å²) in [6.07, 6.45) is 6.54. The molecule has 0 unspecified atom stereocenters. The van der Waals surface area contributed by atoms with Gasteiger partial charge >= 0.3 is 5.97 Å². The second kappa shape index (κ2) is 13.4. The van der Waals surface area contributed by atoms with Crippen molar-refractivity contribution in [1.82, 2.24) is 19.9 Å². The number of aromatic nitrogens is 3. The van der Waals surface area contributed by atoms with Crippen LogP contribution in [0.3, 0.4) is 0 Å². The maximum atomic E-state index is 12.9. The molecule has 0 aliphatic carbocycles. The van der Waals surface area contributed by atoms with Crippen LogP contribution in [0.5, 0.6) is 0 Å². The van der Waals surface area contributed by atoms with Gasteiger partial charge in [-0.2, -0.15) is 0 Å². The number of thiazole rings is 1. The highest BCUT2D eigenvalue weighted by molar-refractivity contribution is 7.17. The number of carbonyl (C=O) groups is 2. The number of hydrogen-bond donors (Lipinski definition) is 2. The van der Waals surface area contributed by atoms with Crippen LogP contribution in [0.2, 0.25) is 5.02 Å². The summed E-state index contributed by atoms with van der Waals surface area (Å²) in [4.78, 5) is 44.1. The molecule has 14 heteroatoms. The van der Waals surface area contributed by atoms with Crippen LogP contribution in [-0.2, 0) is 11.3 Å². The number of hydrogen-bond acceptors (Lipinski definition) is 9. The third-order valence-electron chi connectivity index (χ3n) is 6.79. The molecule has 0 aromatic carbocycles. The van der Waals surface area contributed by atoms with Crippen LogP contribution >= 0.6 is 59.1 Å². The van der Waals surface area contributed by atoms with Crippen molar-refractivity contribution < 1.29 is 14.7 Å². The minimum Gasteiger partial charge on any atom is -0.481 e. The highest BCUT2D eigenvalue weighted by Crippen LogP contribution is 2.37. The number of likely N-dealkylation sites (tertiary alicyclic amines) is 1. The van der Waals surface area contributed by atoms with Gasteiger partial charge in [0, 0.05) is 35.9 Å². The Kier molecular flexibility index (Phi) is 10.7. The second-order valence-corrected chi connectivity index (χ2v) is 11.6. The molecule has 0 bridgehead atoms. The molecule has 0 radical (unpaired) electrons. The molecule has 0 saturated carbocycles. The average Bonchev–Trinajstić information content (AvgIpc) is 3.60. The fraction of sp³-hybridized carbons (Fsp3) is 0.458. The molecule has 1 amide bonds. The Morgan fingerprint density at radius 3 is 2.50 bits per heavy atom. The summed E-state index contributed by atoms with van der Waals surface area (Å²) in [6.45, 7) is 5.29. The van der Waals surface area contributed by atoms with E-state index in [4.69, 9.17) is 16.6 Å². The van der Waals surface area contributed by atoms with Crippen LogP contribution < -0.4 is 10.2 Å². The van der Waals surface area contributed by atoms with E-state index in [-0.39, 0.29) is 42.3 Å². The van der Waals surface area contributed by atoms with E-state index >= 15 is 0 Å². The van der Waals surface area contributed by atoms with Gasteiger partial charge in [-0.3, -0.25) is 19.8 Å². The van der Waals surface area contributed by atoms with Crippen LogP contribution in [0.4, 0.5) is 10.9 Å². The maximum absolute atomic E-state index is 12.9. The van der Waals surface area contributed by atoms with Crippen LogP contribution in [0.25, 0.3) is 10.6 Å². The topological polar surface area (TPSA) is 112 Å². The molecule has 5 rings (SSSR count). The van der Waals surface area contributed by atoms with E-state index in [1.807, 2.05) is 16.3 Å². The number of rotatable bonds is 7. The molecule has 2 fully saturated rings. The Hall–Kier alpha value is -2.02. The van der Waals surface area contributed by atoms with Crippen molar-refractivity contribution in [3.05, 3.63) is 39.4 Å². The highest BCUT2D eigenvalue weighted by Gasteiger charge is 2.26. The fourth-order valence-corrected chi connectivity index (χ4v) is 6.82. The summed E-state index contributed by atoms with van der Waals surface area (Å²) >= 11 is 9.20. The maximum Gasteiger partial charge on any atom is 0.306 e. The molecule has 206 valence electrons. The summed E-state index contributed by atoms with van der Waals surface area (Å²) < 4.78 is 0. The Balaban J connectivity index is 0.00000200. The van der Waals surface area contributed by atoms with E-state index in [1.54, 1.807) is 17.5 Å². The van der Waals surface area contributed by atoms with Crippen molar-refractivity contribution in [1.29, 1.82) is 0 Å². The van der Waals surface area contributed by atoms with Gasteiger partial charge < -0.3 is 10.0 Å². The fourth-order valence-electron chi connectivity index (χ4n) is 4.67. The predicted molar refractivity (Wildman–Crippen MR) is 157 cm³/mol. The van der Waals surface area contributed by atoms with Gasteiger partial charge in [-0.25, -0.2) is 15.0 Å². The van der Waals surface area contributed by atoms with Crippen molar-refractivity contribution in [3.8, 4) is 10.6 Å². The van der Waals surface area contributed by atoms with E-state index in [1.165, 1.54) is 30.4 Å². The van der Waals surface area contributed by atoms with Crippen LogP contribution in [-0.4, -0.2) is 62.5 Å². The highest BCUT2D eigenvalue weighted by atomic mass is 35.5. The molecule has 38 heavy (non-hydrogen) atoms. The number of nitrogens with one attached hydrogen (secondary N) is 1. The van der Waals surface area contributed by atoms with Gasteiger partial charge in [0.1, 0.15) is 11.5 Å². The lowest BCUT2D eigenvalue weighted by Crippen LogP contribution is -2.36. The molecule has 3 aromatic heterocycles. The van der Waals surface area contributed by atoms with E-state index in [2.05, 4.69) is 27.1 Å². The number of amides is 1. The minimum atomic E-state index is -0.752. The zero-order chi connectivity index (χ0) is 25.2. The van der Waals surface area contributed by atoms with E-state index in [9.17, 15) is 14.7 Å². The molecule has 2 N–H and O–H groups in total. The van der Waals surface area contributed by atoms with Gasteiger partial charge in [0.05, 0.1) is 33.9 Å². The van der Waals surface area contributed by atoms with Gasteiger partial charge in [-0.05, 0) is 45.2 Å². The van der Waals surface area contributed by atoms with Gasteiger partial charge in [0.2, 0.25) is 0 Å². The molecule has 2 aliphatic rings. The summed E-state index contributed by atoms with van der Waals surface area (Å²) in [5.74, 6) is -0.794. The molecule has 3 aromatic rings. The predicted octanol–water partition coefficient (Wildman–Crippen LogP) is 5.70. The Morgan fingerprint density at radius 2 is 1.92 bits per heavy atom. The second-order valence-electron chi connectivity index (χ2n) is 9.20. The molecule has 0 spiro atoms. The van der Waals surface area contributed by atoms with E-state index in [0.717, 1.165) is 28.5 Å². The molecular weight excluding hydrogens is 591 g/mol. The summed E-state index contributed by atoms with van der Waals surface area (Å²) in [6, 6.07) is 2.43. The number of anilines is 2. The van der Waals surface area contributed by atoms with Gasteiger partial charge in [-0.1, -0.05) is 22.9 Å². The van der Waals surface area contributed by atoms with Crippen molar-refractivity contribution in [2.75, 3.05) is 29.9 Å². The van der Waals surface area contributed by atoms with Crippen LogP contribution in [0.1, 0.15) is 48.0 Å². The number of carboxylic acids is 1. The van der Waals surface area contributed by atoms with E-state index in [0.29, 0.717) is 47.9 Å². The Morgan fingerprint density at radius 1 is 1.16 bits per heavy atom. The zero-order valence-corrected chi connectivity index (χ0v) is 24.7. The largest absolute Gasteiger partial charge is 0.481 e. The lowest BCUT2D eigenvalue weighted by molar-refractivity contribution is -0.142. The third kappa shape index (κ3) is 6.94. The van der Waals surface area contributed by atoms with Crippen molar-refractivity contribution in [2.24, 2.45) is 5.92 Å². The Labute approximate surface area is 246 Å². The molecule has 1 atom stereocenters. The lowest BCUT2D eigenvalue weighted by atomic mass is 9.97. The van der Waals surface area contributed by atoms with Crippen molar-refractivity contribution in [3.63, 3.8) is 0 Å². The molecule has 2 saturated heterocycles. The molecular formula is C24H29Cl3N6O3S2. The third-order valence-corrected chi connectivity index (χ3v) is 9.04. The van der Waals surface area contributed by atoms with Crippen LogP contribution in [0.15, 0.2) is 23.8 Å².